The maximum Gasteiger partial charge on any atom is 0.185 e. The number of aromatic nitrogens is 4. The molecule has 0 bridgehead atoms. The number of fused-ring (bicyclic) bond motifs is 1. The molecule has 0 atom stereocenters. The van der Waals surface area contributed by atoms with Crippen molar-refractivity contribution in [3.05, 3.63) is 59.5 Å². The summed E-state index contributed by atoms with van der Waals surface area (Å²) in [5.74, 6) is 0.733. The second-order valence-electron chi connectivity index (χ2n) is 4.89. The van der Waals surface area contributed by atoms with E-state index in [9.17, 15) is 0 Å². The fourth-order valence-corrected chi connectivity index (χ4v) is 3.01. The zero-order valence-corrected chi connectivity index (χ0v) is 12.5. The Kier molecular flexibility index (Phi) is 3.17. The average Bonchev–Trinajstić information content (AvgIpc) is 3.24. The molecule has 0 fully saturated rings. The molecule has 0 saturated heterocycles. The number of nitrogens with zero attached hydrogens (tertiary/aromatic N) is 4. The van der Waals surface area contributed by atoms with Crippen molar-refractivity contribution >= 4 is 17.0 Å². The molecule has 2 N–H and O–H groups in total. The van der Waals surface area contributed by atoms with Gasteiger partial charge in [0.05, 0.1) is 4.88 Å². The van der Waals surface area contributed by atoms with Gasteiger partial charge in [0.2, 0.25) is 0 Å². The Labute approximate surface area is 131 Å². The highest BCUT2D eigenvalue weighted by molar-refractivity contribution is 7.13. The van der Waals surface area contributed by atoms with Crippen LogP contribution in [0.25, 0.3) is 27.6 Å². The van der Waals surface area contributed by atoms with Crippen molar-refractivity contribution in [1.29, 1.82) is 0 Å². The summed E-state index contributed by atoms with van der Waals surface area (Å²) in [5, 5.41) is 15.2. The summed E-state index contributed by atoms with van der Waals surface area (Å²) in [6.45, 7) is 0.529. The van der Waals surface area contributed by atoms with Crippen LogP contribution in [-0.4, -0.2) is 19.8 Å². The van der Waals surface area contributed by atoms with Crippen molar-refractivity contribution in [2.24, 2.45) is 5.73 Å². The zero-order chi connectivity index (χ0) is 14.9. The predicted molar refractivity (Wildman–Crippen MR) is 87.4 cm³/mol. The molecule has 6 heteroatoms. The summed E-state index contributed by atoms with van der Waals surface area (Å²) in [6, 6.07) is 16.0. The van der Waals surface area contributed by atoms with Gasteiger partial charge in [-0.05, 0) is 29.1 Å². The lowest BCUT2D eigenvalue weighted by Crippen LogP contribution is -1.98. The molecule has 0 aliphatic carbocycles. The molecule has 108 valence electrons. The van der Waals surface area contributed by atoms with Gasteiger partial charge in [-0.1, -0.05) is 30.3 Å². The van der Waals surface area contributed by atoms with Gasteiger partial charge in [0.1, 0.15) is 5.69 Å². The van der Waals surface area contributed by atoms with Crippen molar-refractivity contribution < 1.29 is 0 Å². The minimum atomic E-state index is 0.529. The second kappa shape index (κ2) is 5.32. The Morgan fingerprint density at radius 1 is 1.00 bits per heavy atom. The molecule has 22 heavy (non-hydrogen) atoms. The first-order chi connectivity index (χ1) is 10.8. The molecule has 0 radical (unpaired) electrons. The van der Waals surface area contributed by atoms with Gasteiger partial charge in [0, 0.05) is 12.1 Å². The quantitative estimate of drug-likeness (QED) is 0.632. The van der Waals surface area contributed by atoms with Crippen LogP contribution in [0.2, 0.25) is 0 Å². The number of hydrogen-bond acceptors (Lipinski definition) is 5. The monoisotopic (exact) mass is 307 g/mol. The summed E-state index contributed by atoms with van der Waals surface area (Å²) in [7, 11) is 0. The topological polar surface area (TPSA) is 69.1 Å². The first kappa shape index (κ1) is 13.1. The van der Waals surface area contributed by atoms with Gasteiger partial charge in [0.15, 0.2) is 11.5 Å². The van der Waals surface area contributed by atoms with Gasteiger partial charge in [0.25, 0.3) is 0 Å². The lowest BCUT2D eigenvalue weighted by Gasteiger charge is -2.02. The maximum absolute atomic E-state index is 5.64. The third-order valence-electron chi connectivity index (χ3n) is 3.48. The maximum atomic E-state index is 5.64. The predicted octanol–water partition coefficient (Wildman–Crippen LogP) is 2.98. The van der Waals surface area contributed by atoms with E-state index in [0.717, 1.165) is 33.2 Å². The number of thiophene rings is 1. The first-order valence-corrected chi connectivity index (χ1v) is 7.79. The average molecular weight is 307 g/mol. The van der Waals surface area contributed by atoms with Crippen molar-refractivity contribution in [3.8, 4) is 22.0 Å². The summed E-state index contributed by atoms with van der Waals surface area (Å²) in [4.78, 5) is 1.13. The molecule has 0 aliphatic rings. The van der Waals surface area contributed by atoms with Crippen molar-refractivity contribution in [2.75, 3.05) is 0 Å². The number of benzene rings is 1. The Bertz CT molecular complexity index is 910. The van der Waals surface area contributed by atoms with Crippen LogP contribution in [0.15, 0.2) is 53.9 Å². The SMILES string of the molecule is NCc1ccc(-c2nnc3ccc(-c4cccs4)nn23)cc1. The molecule has 4 rings (SSSR count). The fraction of sp³-hybridized carbons (Fsp3) is 0.0625. The number of hydrogen-bond donors (Lipinski definition) is 1. The molecule has 0 aliphatic heterocycles. The summed E-state index contributed by atoms with van der Waals surface area (Å²) < 4.78 is 1.78. The highest BCUT2D eigenvalue weighted by atomic mass is 32.1. The van der Waals surface area contributed by atoms with E-state index < -0.39 is 0 Å². The van der Waals surface area contributed by atoms with E-state index in [-0.39, 0.29) is 0 Å². The van der Waals surface area contributed by atoms with Crippen LogP contribution >= 0.6 is 11.3 Å². The van der Waals surface area contributed by atoms with Gasteiger partial charge in [-0.25, -0.2) is 0 Å². The molecule has 0 saturated carbocycles. The van der Waals surface area contributed by atoms with Gasteiger partial charge >= 0.3 is 0 Å². The van der Waals surface area contributed by atoms with Crippen LogP contribution in [0.5, 0.6) is 0 Å². The van der Waals surface area contributed by atoms with Gasteiger partial charge in [-0.3, -0.25) is 0 Å². The molecular weight excluding hydrogens is 294 g/mol. The van der Waals surface area contributed by atoms with Crippen molar-refractivity contribution in [3.63, 3.8) is 0 Å². The number of rotatable bonds is 3. The Balaban J connectivity index is 1.85. The minimum absolute atomic E-state index is 0.529. The van der Waals surface area contributed by atoms with E-state index in [1.165, 1.54) is 0 Å². The molecule has 0 spiro atoms. The zero-order valence-electron chi connectivity index (χ0n) is 11.7. The Morgan fingerprint density at radius 2 is 1.86 bits per heavy atom. The normalized spacial score (nSPS) is 11.1. The molecule has 4 aromatic rings. The molecule has 3 heterocycles. The van der Waals surface area contributed by atoms with Gasteiger partial charge in [-0.2, -0.15) is 9.61 Å². The molecule has 1 aromatic carbocycles. The smallest absolute Gasteiger partial charge is 0.185 e. The third kappa shape index (κ3) is 2.18. The Morgan fingerprint density at radius 3 is 2.59 bits per heavy atom. The lowest BCUT2D eigenvalue weighted by molar-refractivity contribution is 0.943. The fourth-order valence-electron chi connectivity index (χ4n) is 2.31. The van der Waals surface area contributed by atoms with E-state index in [1.807, 2.05) is 47.8 Å². The van der Waals surface area contributed by atoms with Crippen LogP contribution in [-0.2, 0) is 6.54 Å². The second-order valence-corrected chi connectivity index (χ2v) is 5.84. The van der Waals surface area contributed by atoms with Gasteiger partial charge in [-0.15, -0.1) is 21.5 Å². The molecule has 5 nitrogen and oxygen atoms in total. The first-order valence-electron chi connectivity index (χ1n) is 6.91. The summed E-state index contributed by atoms with van der Waals surface area (Å²) in [6.07, 6.45) is 0. The van der Waals surface area contributed by atoms with Crippen LogP contribution in [0.4, 0.5) is 0 Å². The van der Waals surface area contributed by atoms with E-state index in [4.69, 9.17) is 5.73 Å². The molecular formula is C16H13N5S. The van der Waals surface area contributed by atoms with E-state index in [2.05, 4.69) is 21.4 Å². The van der Waals surface area contributed by atoms with Crippen LogP contribution in [0.3, 0.4) is 0 Å². The van der Waals surface area contributed by atoms with Crippen LogP contribution in [0.1, 0.15) is 5.56 Å². The molecule has 0 unspecified atom stereocenters. The molecule has 0 amide bonds. The summed E-state index contributed by atoms with van der Waals surface area (Å²) in [5.41, 5.74) is 9.35. The molecule has 3 aromatic heterocycles. The minimum Gasteiger partial charge on any atom is -0.326 e. The van der Waals surface area contributed by atoms with E-state index >= 15 is 0 Å². The van der Waals surface area contributed by atoms with Crippen molar-refractivity contribution in [2.45, 2.75) is 6.54 Å². The van der Waals surface area contributed by atoms with Gasteiger partial charge < -0.3 is 5.73 Å². The third-order valence-corrected chi connectivity index (χ3v) is 4.38. The Hall–Kier alpha value is -2.57. The van der Waals surface area contributed by atoms with E-state index in [0.29, 0.717) is 6.54 Å². The van der Waals surface area contributed by atoms with E-state index in [1.54, 1.807) is 15.9 Å². The van der Waals surface area contributed by atoms with Crippen molar-refractivity contribution in [1.82, 2.24) is 19.8 Å². The standard InChI is InChI=1S/C16H13N5S/c17-10-11-3-5-12(6-4-11)16-19-18-15-8-7-13(20-21(15)16)14-2-1-9-22-14/h1-9H,10,17H2. The lowest BCUT2D eigenvalue weighted by atomic mass is 10.1. The largest absolute Gasteiger partial charge is 0.326 e. The number of nitrogens with two attached hydrogens (primary N) is 1. The summed E-state index contributed by atoms with van der Waals surface area (Å²) >= 11 is 1.66. The van der Waals surface area contributed by atoms with Crippen LogP contribution < -0.4 is 5.73 Å². The highest BCUT2D eigenvalue weighted by Gasteiger charge is 2.11. The highest BCUT2D eigenvalue weighted by Crippen LogP contribution is 2.24. The van der Waals surface area contributed by atoms with Crippen LogP contribution in [0, 0.1) is 0 Å².